The first-order valence-electron chi connectivity index (χ1n) is 5.59. The van der Waals surface area contributed by atoms with Crippen molar-refractivity contribution in [2.24, 2.45) is 0 Å². The van der Waals surface area contributed by atoms with Crippen LogP contribution in [-0.2, 0) is 6.42 Å². The van der Waals surface area contributed by atoms with E-state index >= 15 is 0 Å². The van der Waals surface area contributed by atoms with Gasteiger partial charge in [-0.15, -0.1) is 0 Å². The molecule has 0 saturated heterocycles. The Kier molecular flexibility index (Phi) is 1.49. The van der Waals surface area contributed by atoms with E-state index in [-0.39, 0.29) is 5.91 Å². The van der Waals surface area contributed by atoms with Crippen molar-refractivity contribution in [2.75, 3.05) is 6.54 Å². The number of nitrogens with one attached hydrogen (secondary N) is 3. The van der Waals surface area contributed by atoms with Gasteiger partial charge in [0.05, 0.1) is 11.0 Å². The van der Waals surface area contributed by atoms with Gasteiger partial charge in [0.25, 0.3) is 5.91 Å². The molecule has 1 aliphatic heterocycles. The first-order chi connectivity index (χ1) is 8.33. The zero-order chi connectivity index (χ0) is 11.4. The average Bonchev–Trinajstić information content (AvgIpc) is 2.90. The number of aromatic nitrogens is 3. The van der Waals surface area contributed by atoms with Gasteiger partial charge in [0, 0.05) is 23.5 Å². The second-order valence-electron chi connectivity index (χ2n) is 4.32. The molecule has 4 rings (SSSR count). The summed E-state index contributed by atoms with van der Waals surface area (Å²) in [6.07, 6.45) is 2.75. The molecule has 5 nitrogen and oxygen atoms in total. The van der Waals surface area contributed by atoms with Gasteiger partial charge in [-0.05, 0) is 24.1 Å². The van der Waals surface area contributed by atoms with Crippen molar-refractivity contribution in [3.63, 3.8) is 0 Å². The van der Waals surface area contributed by atoms with Crippen molar-refractivity contribution in [3.05, 3.63) is 29.6 Å². The highest BCUT2D eigenvalue weighted by atomic mass is 16.1. The molecule has 3 N–H and O–H groups in total. The second kappa shape index (κ2) is 2.88. The molecule has 1 aromatic carbocycles. The molecule has 0 spiro atoms. The van der Waals surface area contributed by atoms with Crippen LogP contribution in [0.25, 0.3) is 21.8 Å². The summed E-state index contributed by atoms with van der Waals surface area (Å²) in [5.41, 5.74) is 3.59. The zero-order valence-corrected chi connectivity index (χ0v) is 9.00. The molecule has 17 heavy (non-hydrogen) atoms. The molecule has 2 aromatic heterocycles. The van der Waals surface area contributed by atoms with Crippen LogP contribution >= 0.6 is 0 Å². The third-order valence-electron chi connectivity index (χ3n) is 3.32. The van der Waals surface area contributed by atoms with Gasteiger partial charge in [-0.2, -0.15) is 0 Å². The monoisotopic (exact) mass is 226 g/mol. The van der Waals surface area contributed by atoms with Crippen molar-refractivity contribution in [2.45, 2.75) is 6.42 Å². The summed E-state index contributed by atoms with van der Waals surface area (Å²) in [5.74, 6) is -0.0577. The van der Waals surface area contributed by atoms with Gasteiger partial charge >= 0.3 is 0 Å². The van der Waals surface area contributed by atoms with E-state index in [1.165, 1.54) is 0 Å². The van der Waals surface area contributed by atoms with Gasteiger partial charge in [0.1, 0.15) is 5.69 Å². The minimum Gasteiger partial charge on any atom is -0.350 e. The Hall–Kier alpha value is -2.30. The number of carbonyl (C=O) groups is 1. The lowest BCUT2D eigenvalue weighted by molar-refractivity contribution is 0.0942. The van der Waals surface area contributed by atoms with Gasteiger partial charge in [-0.1, -0.05) is 0 Å². The Morgan fingerprint density at radius 3 is 3.18 bits per heavy atom. The highest BCUT2D eigenvalue weighted by Crippen LogP contribution is 2.28. The third-order valence-corrected chi connectivity index (χ3v) is 3.32. The number of fused-ring (bicyclic) bond motifs is 4. The van der Waals surface area contributed by atoms with E-state index in [0.29, 0.717) is 12.2 Å². The Morgan fingerprint density at radius 1 is 1.29 bits per heavy atom. The third kappa shape index (κ3) is 1.08. The minimum absolute atomic E-state index is 0.0577. The van der Waals surface area contributed by atoms with Crippen LogP contribution in [0.4, 0.5) is 0 Å². The number of amides is 1. The predicted molar refractivity (Wildman–Crippen MR) is 64.0 cm³/mol. The van der Waals surface area contributed by atoms with Crippen LogP contribution in [0.3, 0.4) is 0 Å². The maximum atomic E-state index is 11.7. The van der Waals surface area contributed by atoms with Crippen molar-refractivity contribution < 1.29 is 4.79 Å². The lowest BCUT2D eigenvalue weighted by atomic mass is 10.0. The molecular weight excluding hydrogens is 216 g/mol. The Labute approximate surface area is 96.2 Å². The van der Waals surface area contributed by atoms with Gasteiger partial charge in [-0.25, -0.2) is 4.98 Å². The quantitative estimate of drug-likeness (QED) is 0.541. The van der Waals surface area contributed by atoms with Gasteiger partial charge in [0.15, 0.2) is 0 Å². The maximum Gasteiger partial charge on any atom is 0.270 e. The molecule has 3 heterocycles. The van der Waals surface area contributed by atoms with Crippen molar-refractivity contribution in [1.29, 1.82) is 0 Å². The van der Waals surface area contributed by atoms with E-state index in [0.717, 1.165) is 33.8 Å². The average molecular weight is 226 g/mol. The lowest BCUT2D eigenvalue weighted by Crippen LogP contribution is -2.31. The fraction of sp³-hybridized carbons (Fsp3) is 0.167. The largest absolute Gasteiger partial charge is 0.350 e. The standard InChI is InChI=1S/C12H10N4O/c17-12-11-7(1-2-13-12)8-4-9-6(5-14-16-9)3-10(8)15-11/h3-5,14,16H,1-2H2,(H,13,17). The van der Waals surface area contributed by atoms with Crippen molar-refractivity contribution in [3.8, 4) is 0 Å². The maximum absolute atomic E-state index is 11.7. The first-order valence-corrected chi connectivity index (χ1v) is 5.59. The summed E-state index contributed by atoms with van der Waals surface area (Å²) in [4.78, 5) is 16.1. The fourth-order valence-corrected chi connectivity index (χ4v) is 2.50. The molecule has 3 aromatic rings. The molecule has 1 amide bonds. The smallest absolute Gasteiger partial charge is 0.270 e. The molecule has 0 atom stereocenters. The SMILES string of the molecule is O=C1NCCc2c1nc1cc3c[nH][nH]c3cc21. The number of rotatable bonds is 0. The summed E-state index contributed by atoms with van der Waals surface area (Å²) in [7, 11) is 0. The van der Waals surface area contributed by atoms with Crippen molar-refractivity contribution in [1.82, 2.24) is 20.5 Å². The van der Waals surface area contributed by atoms with Crippen LogP contribution in [0.15, 0.2) is 18.3 Å². The summed E-state index contributed by atoms with van der Waals surface area (Å²) in [6.45, 7) is 0.696. The molecule has 0 unspecified atom stereocenters. The Balaban J connectivity index is 2.14. The molecule has 0 saturated carbocycles. The summed E-state index contributed by atoms with van der Waals surface area (Å²) >= 11 is 0. The number of benzene rings is 1. The van der Waals surface area contributed by atoms with Crippen LogP contribution in [-0.4, -0.2) is 27.6 Å². The Morgan fingerprint density at radius 2 is 2.24 bits per heavy atom. The zero-order valence-electron chi connectivity index (χ0n) is 9.00. The van der Waals surface area contributed by atoms with Crippen LogP contribution < -0.4 is 5.32 Å². The predicted octanol–water partition coefficient (Wildman–Crippen LogP) is 1.33. The first kappa shape index (κ1) is 8.81. The number of hydrogen-bond acceptors (Lipinski definition) is 2. The number of hydrogen-bond donors (Lipinski definition) is 3. The molecule has 0 aliphatic carbocycles. The number of nitrogens with zero attached hydrogens (tertiary/aromatic N) is 1. The lowest BCUT2D eigenvalue weighted by Gasteiger charge is -2.11. The van der Waals surface area contributed by atoms with E-state index in [9.17, 15) is 4.79 Å². The molecule has 1 aliphatic rings. The number of aromatic amines is 2. The molecular formula is C12H10N4O. The van der Waals surface area contributed by atoms with Crippen LogP contribution in [0, 0.1) is 0 Å². The number of carbonyl (C=O) groups excluding carboxylic acids is 1. The summed E-state index contributed by atoms with van der Waals surface area (Å²) in [5, 5.41) is 11.0. The van der Waals surface area contributed by atoms with E-state index in [1.54, 1.807) is 0 Å². The van der Waals surface area contributed by atoms with Gasteiger partial charge < -0.3 is 15.5 Å². The fourth-order valence-electron chi connectivity index (χ4n) is 2.50. The molecule has 0 fully saturated rings. The van der Waals surface area contributed by atoms with E-state index in [1.807, 2.05) is 12.3 Å². The summed E-state index contributed by atoms with van der Waals surface area (Å²) in [6, 6.07) is 4.06. The highest BCUT2D eigenvalue weighted by Gasteiger charge is 2.22. The van der Waals surface area contributed by atoms with Gasteiger partial charge in [0.2, 0.25) is 0 Å². The van der Waals surface area contributed by atoms with Gasteiger partial charge in [-0.3, -0.25) is 4.79 Å². The second-order valence-corrected chi connectivity index (χ2v) is 4.32. The molecule has 0 bridgehead atoms. The minimum atomic E-state index is -0.0577. The van der Waals surface area contributed by atoms with E-state index in [2.05, 4.69) is 26.6 Å². The summed E-state index contributed by atoms with van der Waals surface area (Å²) < 4.78 is 0. The molecule has 84 valence electrons. The van der Waals surface area contributed by atoms with Crippen LogP contribution in [0.2, 0.25) is 0 Å². The van der Waals surface area contributed by atoms with Crippen molar-refractivity contribution >= 4 is 27.7 Å². The van der Waals surface area contributed by atoms with E-state index in [4.69, 9.17) is 0 Å². The van der Waals surface area contributed by atoms with Crippen LogP contribution in [0.1, 0.15) is 16.1 Å². The Bertz CT molecular complexity index is 752. The topological polar surface area (TPSA) is 73.6 Å². The number of H-pyrrole nitrogens is 2. The highest BCUT2D eigenvalue weighted by molar-refractivity contribution is 6.05. The van der Waals surface area contributed by atoms with Crippen LogP contribution in [0.5, 0.6) is 0 Å². The normalized spacial score (nSPS) is 15.2. The van der Waals surface area contributed by atoms with E-state index < -0.39 is 0 Å². The molecule has 0 radical (unpaired) electrons. The molecule has 5 heteroatoms.